The van der Waals surface area contributed by atoms with Gasteiger partial charge in [-0.1, -0.05) is 15.9 Å². The zero-order valence-electron chi connectivity index (χ0n) is 11.4. The van der Waals surface area contributed by atoms with Crippen LogP contribution >= 0.6 is 15.9 Å². The fourth-order valence-electron chi connectivity index (χ4n) is 1.76. The van der Waals surface area contributed by atoms with Gasteiger partial charge < -0.3 is 10.1 Å². The van der Waals surface area contributed by atoms with Crippen molar-refractivity contribution in [2.24, 2.45) is 0 Å². The summed E-state index contributed by atoms with van der Waals surface area (Å²) in [6.45, 7) is 2.99. The Morgan fingerprint density at radius 2 is 2.19 bits per heavy atom. The summed E-state index contributed by atoms with van der Waals surface area (Å²) in [5.74, 6) is 0.994. The Kier molecular flexibility index (Phi) is 5.10. The van der Waals surface area contributed by atoms with Gasteiger partial charge in [-0.25, -0.2) is 4.98 Å². The Hall–Kier alpha value is -2.15. The molecule has 0 saturated carbocycles. The van der Waals surface area contributed by atoms with E-state index in [0.29, 0.717) is 4.47 Å². The van der Waals surface area contributed by atoms with Crippen LogP contribution in [0.1, 0.15) is 12.5 Å². The van der Waals surface area contributed by atoms with E-state index in [4.69, 9.17) is 4.74 Å². The molecule has 2 aromatic rings. The topological polar surface area (TPSA) is 77.3 Å². The molecule has 1 aromatic heterocycles. The summed E-state index contributed by atoms with van der Waals surface area (Å²) in [7, 11) is 0. The van der Waals surface area contributed by atoms with Gasteiger partial charge in [0.25, 0.3) is 0 Å². The van der Waals surface area contributed by atoms with Crippen molar-refractivity contribution in [3.05, 3.63) is 56.7 Å². The summed E-state index contributed by atoms with van der Waals surface area (Å²) in [6.07, 6.45) is 1.67. The SMILES string of the molecule is CCNc1cc(COc2ccc(Br)cc2[N+](=O)[O-])ccn1. The number of nitrogens with zero attached hydrogens (tertiary/aromatic N) is 2. The van der Waals surface area contributed by atoms with Gasteiger partial charge >= 0.3 is 5.69 Å². The van der Waals surface area contributed by atoms with Crippen molar-refractivity contribution in [1.82, 2.24) is 4.98 Å². The standard InChI is InChI=1S/C14H14BrN3O3/c1-2-16-14-7-10(5-6-17-14)9-21-13-4-3-11(15)8-12(13)18(19)20/h3-8H,2,9H2,1H3,(H,16,17). The number of halogens is 1. The highest BCUT2D eigenvalue weighted by atomic mass is 79.9. The third-order valence-corrected chi connectivity index (χ3v) is 3.19. The summed E-state index contributed by atoms with van der Waals surface area (Å²) in [5, 5.41) is 14.1. The minimum atomic E-state index is -0.462. The molecule has 21 heavy (non-hydrogen) atoms. The Bertz CT molecular complexity index is 649. The largest absolute Gasteiger partial charge is 0.482 e. The fourth-order valence-corrected chi connectivity index (χ4v) is 2.11. The van der Waals surface area contributed by atoms with Crippen molar-refractivity contribution in [2.75, 3.05) is 11.9 Å². The number of nitro groups is 1. The maximum absolute atomic E-state index is 11.0. The molecule has 1 heterocycles. The minimum Gasteiger partial charge on any atom is -0.482 e. The number of anilines is 1. The third kappa shape index (κ3) is 4.16. The normalized spacial score (nSPS) is 10.2. The Balaban J connectivity index is 2.13. The molecule has 1 N–H and O–H groups in total. The van der Waals surface area contributed by atoms with Crippen LogP contribution in [0.2, 0.25) is 0 Å². The molecule has 110 valence electrons. The average Bonchev–Trinajstić information content (AvgIpc) is 2.46. The van der Waals surface area contributed by atoms with Gasteiger partial charge in [0.05, 0.1) is 4.92 Å². The van der Waals surface area contributed by atoms with Gasteiger partial charge in [0.1, 0.15) is 12.4 Å². The van der Waals surface area contributed by atoms with Crippen molar-refractivity contribution in [2.45, 2.75) is 13.5 Å². The van der Waals surface area contributed by atoms with E-state index in [1.807, 2.05) is 19.1 Å². The molecule has 0 fully saturated rings. The molecular weight excluding hydrogens is 338 g/mol. The quantitative estimate of drug-likeness (QED) is 0.633. The van der Waals surface area contributed by atoms with E-state index in [1.54, 1.807) is 18.3 Å². The van der Waals surface area contributed by atoms with Crippen LogP contribution in [0.25, 0.3) is 0 Å². The molecular formula is C14H14BrN3O3. The first-order chi connectivity index (χ1) is 10.1. The molecule has 0 spiro atoms. The highest BCUT2D eigenvalue weighted by molar-refractivity contribution is 9.10. The molecule has 2 rings (SSSR count). The highest BCUT2D eigenvalue weighted by Gasteiger charge is 2.15. The molecule has 0 bridgehead atoms. The lowest BCUT2D eigenvalue weighted by Gasteiger charge is -2.08. The third-order valence-electron chi connectivity index (χ3n) is 2.69. The first-order valence-electron chi connectivity index (χ1n) is 6.35. The monoisotopic (exact) mass is 351 g/mol. The second-order valence-electron chi connectivity index (χ2n) is 4.24. The van der Waals surface area contributed by atoms with Crippen LogP contribution < -0.4 is 10.1 Å². The maximum Gasteiger partial charge on any atom is 0.312 e. The van der Waals surface area contributed by atoms with Gasteiger partial charge in [-0.2, -0.15) is 0 Å². The van der Waals surface area contributed by atoms with Crippen LogP contribution in [0, 0.1) is 10.1 Å². The van der Waals surface area contributed by atoms with E-state index in [1.165, 1.54) is 6.07 Å². The molecule has 1 aromatic carbocycles. The smallest absolute Gasteiger partial charge is 0.312 e. The number of aromatic nitrogens is 1. The number of pyridine rings is 1. The number of hydrogen-bond acceptors (Lipinski definition) is 5. The number of rotatable bonds is 6. The number of nitrogens with one attached hydrogen (secondary N) is 1. The van der Waals surface area contributed by atoms with Crippen LogP contribution in [-0.2, 0) is 6.61 Å². The highest BCUT2D eigenvalue weighted by Crippen LogP contribution is 2.30. The molecule has 7 heteroatoms. The first kappa shape index (κ1) is 15.2. The molecule has 0 radical (unpaired) electrons. The van der Waals surface area contributed by atoms with Crippen LogP contribution in [0.4, 0.5) is 11.5 Å². The van der Waals surface area contributed by atoms with Crippen LogP contribution in [0.15, 0.2) is 41.0 Å². The number of benzene rings is 1. The zero-order valence-corrected chi connectivity index (χ0v) is 13.0. The molecule has 0 unspecified atom stereocenters. The van der Waals surface area contributed by atoms with Crippen LogP contribution in [0.3, 0.4) is 0 Å². The van der Waals surface area contributed by atoms with Gasteiger partial charge in [0.2, 0.25) is 0 Å². The Morgan fingerprint density at radius 1 is 1.38 bits per heavy atom. The molecule has 6 nitrogen and oxygen atoms in total. The second kappa shape index (κ2) is 7.03. The summed E-state index contributed by atoms with van der Waals surface area (Å²) in [4.78, 5) is 14.7. The summed E-state index contributed by atoms with van der Waals surface area (Å²) < 4.78 is 6.19. The van der Waals surface area contributed by atoms with E-state index in [9.17, 15) is 10.1 Å². The molecule has 0 atom stereocenters. The van der Waals surface area contributed by atoms with Crippen LogP contribution in [0.5, 0.6) is 5.75 Å². The van der Waals surface area contributed by atoms with Crippen molar-refractivity contribution in [1.29, 1.82) is 0 Å². The molecule has 0 amide bonds. The number of ether oxygens (including phenoxy) is 1. The van der Waals surface area contributed by atoms with Gasteiger partial charge in [-0.05, 0) is 36.8 Å². The first-order valence-corrected chi connectivity index (χ1v) is 7.15. The molecule has 0 saturated heterocycles. The van der Waals surface area contributed by atoms with Crippen LogP contribution in [-0.4, -0.2) is 16.5 Å². The lowest BCUT2D eigenvalue weighted by molar-refractivity contribution is -0.386. The Labute approximate surface area is 130 Å². The van der Waals surface area contributed by atoms with E-state index in [-0.39, 0.29) is 18.0 Å². The average molecular weight is 352 g/mol. The lowest BCUT2D eigenvalue weighted by Crippen LogP contribution is -2.02. The predicted molar refractivity (Wildman–Crippen MR) is 83.5 cm³/mol. The zero-order chi connectivity index (χ0) is 15.2. The predicted octanol–water partition coefficient (Wildman–Crippen LogP) is 3.76. The number of nitro benzene ring substituents is 1. The van der Waals surface area contributed by atoms with Gasteiger partial charge in [-0.15, -0.1) is 0 Å². The summed E-state index contributed by atoms with van der Waals surface area (Å²) >= 11 is 3.21. The summed E-state index contributed by atoms with van der Waals surface area (Å²) in [6, 6.07) is 8.37. The maximum atomic E-state index is 11.0. The van der Waals surface area contributed by atoms with Crippen molar-refractivity contribution >= 4 is 27.4 Å². The van der Waals surface area contributed by atoms with Crippen molar-refractivity contribution < 1.29 is 9.66 Å². The van der Waals surface area contributed by atoms with E-state index < -0.39 is 4.92 Å². The van der Waals surface area contributed by atoms with Gasteiger partial charge in [-0.3, -0.25) is 10.1 Å². The summed E-state index contributed by atoms with van der Waals surface area (Å²) in [5.41, 5.74) is 0.823. The molecule has 0 aliphatic heterocycles. The van der Waals surface area contributed by atoms with E-state index in [0.717, 1.165) is 17.9 Å². The Morgan fingerprint density at radius 3 is 2.90 bits per heavy atom. The van der Waals surface area contributed by atoms with E-state index in [2.05, 4.69) is 26.2 Å². The van der Waals surface area contributed by atoms with Crippen molar-refractivity contribution in [3.63, 3.8) is 0 Å². The van der Waals surface area contributed by atoms with Gasteiger partial charge in [0, 0.05) is 23.3 Å². The fraction of sp³-hybridized carbons (Fsp3) is 0.214. The minimum absolute atomic E-state index is 0.0645. The molecule has 0 aliphatic carbocycles. The van der Waals surface area contributed by atoms with E-state index >= 15 is 0 Å². The number of hydrogen-bond donors (Lipinski definition) is 1. The second-order valence-corrected chi connectivity index (χ2v) is 5.15. The molecule has 0 aliphatic rings. The van der Waals surface area contributed by atoms with Crippen molar-refractivity contribution in [3.8, 4) is 5.75 Å². The lowest BCUT2D eigenvalue weighted by atomic mass is 10.2. The van der Waals surface area contributed by atoms with Gasteiger partial charge in [0.15, 0.2) is 5.75 Å².